The van der Waals surface area contributed by atoms with Gasteiger partial charge in [0.1, 0.15) is 11.4 Å². The highest BCUT2D eigenvalue weighted by atomic mass is 19.4. The average molecular weight is 466 g/mol. The largest absolute Gasteiger partial charge is 0.433 e. The lowest BCUT2D eigenvalue weighted by molar-refractivity contribution is -0.191. The van der Waals surface area contributed by atoms with Crippen LogP contribution < -0.4 is 0 Å². The summed E-state index contributed by atoms with van der Waals surface area (Å²) in [6.07, 6.45) is 3.59. The Kier molecular flexibility index (Phi) is 5.96. The van der Waals surface area contributed by atoms with Gasteiger partial charge >= 0.3 is 6.18 Å². The van der Waals surface area contributed by atoms with E-state index in [4.69, 9.17) is 4.74 Å². The van der Waals surface area contributed by atoms with E-state index < -0.39 is 17.6 Å². The normalized spacial score (nSPS) is 32.4. The van der Waals surface area contributed by atoms with Crippen molar-refractivity contribution in [1.82, 2.24) is 14.8 Å². The van der Waals surface area contributed by atoms with Gasteiger partial charge in [-0.15, -0.1) is 0 Å². The van der Waals surface area contributed by atoms with Crippen LogP contribution in [0.5, 0.6) is 0 Å². The standard InChI is InChI=1S/C25H34F3N3O2/c1-16(2)21-15-33-24-10-9-20(11-19(24)6-8-23(32)31(21)24)30(13-17-3-4-17)14-18-5-7-22(29-12-18)25(26,27)28/h5,7,12,16-17,19-21H,3-4,6,8-11,13-15H2,1-2H3/t19-,20+,21-,24-/m1/s1. The van der Waals surface area contributed by atoms with Gasteiger partial charge in [0.05, 0.1) is 12.6 Å². The number of alkyl halides is 3. The minimum Gasteiger partial charge on any atom is -0.353 e. The smallest absolute Gasteiger partial charge is 0.353 e. The van der Waals surface area contributed by atoms with Gasteiger partial charge in [-0.3, -0.25) is 14.7 Å². The SMILES string of the molecule is CC(C)[C@H]1CO[C@]23CC[C@H](N(Cc4ccc(C(F)(F)F)nc4)CC4CC4)C[C@H]2CCC(=O)N13. The molecule has 0 bridgehead atoms. The van der Waals surface area contributed by atoms with Crippen molar-refractivity contribution in [3.8, 4) is 0 Å². The molecule has 33 heavy (non-hydrogen) atoms. The number of hydrogen-bond donors (Lipinski definition) is 0. The van der Waals surface area contributed by atoms with Crippen LogP contribution in [0.4, 0.5) is 13.2 Å². The highest BCUT2D eigenvalue weighted by Gasteiger charge is 2.59. The third-order valence-electron chi connectivity index (χ3n) is 8.23. The Morgan fingerprint density at radius 1 is 1.24 bits per heavy atom. The van der Waals surface area contributed by atoms with Crippen LogP contribution in [-0.2, 0) is 22.3 Å². The lowest BCUT2D eigenvalue weighted by atomic mass is 9.72. The van der Waals surface area contributed by atoms with Crippen molar-refractivity contribution in [3.05, 3.63) is 29.6 Å². The summed E-state index contributed by atoms with van der Waals surface area (Å²) in [5, 5.41) is 0. The van der Waals surface area contributed by atoms with Crippen LogP contribution in [0.15, 0.2) is 18.3 Å². The average Bonchev–Trinajstić information content (AvgIpc) is 3.49. The summed E-state index contributed by atoms with van der Waals surface area (Å²) in [7, 11) is 0. The molecule has 0 unspecified atom stereocenters. The van der Waals surface area contributed by atoms with E-state index in [1.807, 2.05) is 0 Å². The van der Waals surface area contributed by atoms with Crippen LogP contribution >= 0.6 is 0 Å². The van der Waals surface area contributed by atoms with E-state index >= 15 is 0 Å². The number of piperidine rings is 1. The summed E-state index contributed by atoms with van der Waals surface area (Å²) < 4.78 is 45.2. The first-order valence-electron chi connectivity index (χ1n) is 12.4. The summed E-state index contributed by atoms with van der Waals surface area (Å²) in [6.45, 7) is 6.53. The number of carbonyl (C=O) groups excluding carboxylic acids is 1. The highest BCUT2D eigenvalue weighted by molar-refractivity contribution is 5.78. The molecule has 5 rings (SSSR count). The third kappa shape index (κ3) is 4.41. The quantitative estimate of drug-likeness (QED) is 0.602. The summed E-state index contributed by atoms with van der Waals surface area (Å²) in [5.74, 6) is 1.58. The molecule has 1 aromatic heterocycles. The highest BCUT2D eigenvalue weighted by Crippen LogP contribution is 2.51. The molecule has 2 aliphatic carbocycles. The second-order valence-corrected chi connectivity index (χ2v) is 10.8. The number of aromatic nitrogens is 1. The van der Waals surface area contributed by atoms with Gasteiger partial charge < -0.3 is 9.64 Å². The zero-order valence-electron chi connectivity index (χ0n) is 19.5. The number of carbonyl (C=O) groups is 1. The van der Waals surface area contributed by atoms with E-state index in [9.17, 15) is 18.0 Å². The molecule has 1 spiro atoms. The Bertz CT molecular complexity index is 871. The number of nitrogens with zero attached hydrogens (tertiary/aromatic N) is 3. The molecule has 182 valence electrons. The Labute approximate surface area is 193 Å². The molecule has 4 fully saturated rings. The van der Waals surface area contributed by atoms with Gasteiger partial charge in [-0.2, -0.15) is 13.2 Å². The van der Waals surface area contributed by atoms with E-state index in [0.29, 0.717) is 43.4 Å². The predicted octanol–water partition coefficient (Wildman–Crippen LogP) is 4.85. The lowest BCUT2D eigenvalue weighted by Gasteiger charge is -2.53. The maximum Gasteiger partial charge on any atom is 0.433 e. The van der Waals surface area contributed by atoms with Crippen molar-refractivity contribution in [3.63, 3.8) is 0 Å². The second kappa shape index (κ2) is 8.52. The fourth-order valence-corrected chi connectivity index (χ4v) is 6.24. The Balaban J connectivity index is 1.32. The number of pyridine rings is 1. The maximum absolute atomic E-state index is 12.9. The topological polar surface area (TPSA) is 45.7 Å². The molecule has 1 amide bonds. The van der Waals surface area contributed by atoms with Crippen molar-refractivity contribution >= 4 is 5.91 Å². The summed E-state index contributed by atoms with van der Waals surface area (Å²) in [4.78, 5) is 21.1. The molecular weight excluding hydrogens is 431 g/mol. The van der Waals surface area contributed by atoms with Crippen molar-refractivity contribution in [2.24, 2.45) is 17.8 Å². The molecule has 0 N–H and O–H groups in total. The molecule has 0 aromatic carbocycles. The van der Waals surface area contributed by atoms with Crippen LogP contribution in [-0.4, -0.2) is 51.7 Å². The van der Waals surface area contributed by atoms with E-state index in [1.54, 1.807) is 6.07 Å². The Hall–Kier alpha value is -1.67. The van der Waals surface area contributed by atoms with Crippen LogP contribution in [0.2, 0.25) is 0 Å². The monoisotopic (exact) mass is 465 g/mol. The minimum absolute atomic E-state index is 0.151. The van der Waals surface area contributed by atoms with Gasteiger partial charge in [-0.1, -0.05) is 19.9 Å². The molecule has 1 aromatic rings. The molecule has 3 heterocycles. The molecule has 2 aliphatic heterocycles. The van der Waals surface area contributed by atoms with Crippen molar-refractivity contribution in [1.29, 1.82) is 0 Å². The summed E-state index contributed by atoms with van der Waals surface area (Å²) >= 11 is 0. The van der Waals surface area contributed by atoms with Gasteiger partial charge in [0, 0.05) is 37.7 Å². The number of rotatable bonds is 6. The van der Waals surface area contributed by atoms with Gasteiger partial charge in [0.15, 0.2) is 0 Å². The van der Waals surface area contributed by atoms with E-state index in [-0.39, 0.29) is 11.9 Å². The van der Waals surface area contributed by atoms with Crippen molar-refractivity contribution in [2.45, 2.75) is 89.3 Å². The first kappa shape index (κ1) is 23.1. The number of amides is 1. The molecule has 8 heteroatoms. The van der Waals surface area contributed by atoms with E-state index in [2.05, 4.69) is 28.6 Å². The molecule has 2 saturated heterocycles. The zero-order chi connectivity index (χ0) is 23.4. The van der Waals surface area contributed by atoms with Crippen LogP contribution in [0.1, 0.15) is 70.1 Å². The summed E-state index contributed by atoms with van der Waals surface area (Å²) in [5.41, 5.74) is -0.479. The molecule has 4 atom stereocenters. The second-order valence-electron chi connectivity index (χ2n) is 10.8. The van der Waals surface area contributed by atoms with Gasteiger partial charge in [-0.25, -0.2) is 0 Å². The van der Waals surface area contributed by atoms with Gasteiger partial charge in [-0.05, 0) is 62.0 Å². The number of hydrogen-bond acceptors (Lipinski definition) is 4. The molecule has 0 radical (unpaired) electrons. The Morgan fingerprint density at radius 2 is 2.03 bits per heavy atom. The van der Waals surface area contributed by atoms with Crippen LogP contribution in [0.25, 0.3) is 0 Å². The molecular formula is C25H34F3N3O2. The van der Waals surface area contributed by atoms with Crippen molar-refractivity contribution < 1.29 is 22.7 Å². The molecule has 4 aliphatic rings. The first-order chi connectivity index (χ1) is 15.7. The number of ether oxygens (including phenoxy) is 1. The first-order valence-corrected chi connectivity index (χ1v) is 12.4. The fraction of sp³-hybridized carbons (Fsp3) is 0.760. The summed E-state index contributed by atoms with van der Waals surface area (Å²) in [6, 6.07) is 3.15. The molecule has 5 nitrogen and oxygen atoms in total. The van der Waals surface area contributed by atoms with Crippen LogP contribution in [0, 0.1) is 17.8 Å². The van der Waals surface area contributed by atoms with E-state index in [0.717, 1.165) is 43.9 Å². The van der Waals surface area contributed by atoms with Crippen molar-refractivity contribution in [2.75, 3.05) is 13.2 Å². The number of halogens is 3. The zero-order valence-corrected chi connectivity index (χ0v) is 19.5. The third-order valence-corrected chi connectivity index (χ3v) is 8.23. The molecule has 2 saturated carbocycles. The minimum atomic E-state index is -4.41. The maximum atomic E-state index is 12.9. The van der Waals surface area contributed by atoms with E-state index in [1.165, 1.54) is 19.0 Å². The van der Waals surface area contributed by atoms with Gasteiger partial charge in [0.25, 0.3) is 0 Å². The predicted molar refractivity (Wildman–Crippen MR) is 117 cm³/mol. The Morgan fingerprint density at radius 3 is 2.67 bits per heavy atom. The van der Waals surface area contributed by atoms with Crippen LogP contribution in [0.3, 0.4) is 0 Å². The lowest BCUT2D eigenvalue weighted by Crippen LogP contribution is -2.63. The fourth-order valence-electron chi connectivity index (χ4n) is 6.24. The van der Waals surface area contributed by atoms with Gasteiger partial charge in [0.2, 0.25) is 5.91 Å².